The fraction of sp³-hybridized carbons (Fsp3) is 0.560. The average Bonchev–Trinajstić information content (AvgIpc) is 2.83. The maximum Gasteiger partial charge on any atom is 0.235 e. The van der Waals surface area contributed by atoms with Gasteiger partial charge in [0.15, 0.2) is 0 Å². The van der Waals surface area contributed by atoms with Crippen LogP contribution in [0.25, 0.3) is 0 Å². The van der Waals surface area contributed by atoms with E-state index in [1.165, 1.54) is 24.1 Å². The van der Waals surface area contributed by atoms with Crippen LogP contribution in [0.15, 0.2) is 30.5 Å². The van der Waals surface area contributed by atoms with Gasteiger partial charge in [0.05, 0.1) is 11.6 Å². The highest BCUT2D eigenvalue weighted by Crippen LogP contribution is 2.34. The molecule has 1 atom stereocenters. The Labute approximate surface area is 190 Å². The Hall–Kier alpha value is -2.67. The number of carbonyl (C=O) groups is 2. The van der Waals surface area contributed by atoms with Crippen LogP contribution in [0.5, 0.6) is 0 Å². The van der Waals surface area contributed by atoms with E-state index >= 15 is 0 Å². The molecule has 3 fully saturated rings. The van der Waals surface area contributed by atoms with Crippen LogP contribution >= 0.6 is 0 Å². The van der Waals surface area contributed by atoms with E-state index in [9.17, 15) is 9.59 Å². The largest absolute Gasteiger partial charge is 0.388 e. The molecule has 32 heavy (non-hydrogen) atoms. The van der Waals surface area contributed by atoms with Gasteiger partial charge in [0.2, 0.25) is 11.8 Å². The molecule has 172 valence electrons. The molecule has 3 saturated heterocycles. The van der Waals surface area contributed by atoms with Gasteiger partial charge in [-0.05, 0) is 62.7 Å². The topological polar surface area (TPSA) is 97.3 Å². The molecule has 3 aliphatic rings. The lowest BCUT2D eigenvalue weighted by molar-refractivity contribution is -0.134. The highest BCUT2D eigenvalue weighted by Gasteiger charge is 2.32. The summed E-state index contributed by atoms with van der Waals surface area (Å²) < 4.78 is 0. The Morgan fingerprint density at radius 1 is 1.12 bits per heavy atom. The number of nitrogens with zero attached hydrogens (tertiary/aromatic N) is 1. The van der Waals surface area contributed by atoms with Crippen LogP contribution in [0.4, 0.5) is 5.69 Å². The maximum atomic E-state index is 12.2. The summed E-state index contributed by atoms with van der Waals surface area (Å²) >= 11 is 0. The van der Waals surface area contributed by atoms with Gasteiger partial charge in [0, 0.05) is 49.4 Å². The van der Waals surface area contributed by atoms with Crippen LogP contribution in [0.1, 0.15) is 55.6 Å². The third-order valence-corrected chi connectivity index (χ3v) is 7.37. The first kappa shape index (κ1) is 22.5. The zero-order valence-electron chi connectivity index (χ0n) is 19.0. The Bertz CT molecular complexity index is 898. The van der Waals surface area contributed by atoms with Gasteiger partial charge >= 0.3 is 0 Å². The molecule has 3 heterocycles. The van der Waals surface area contributed by atoms with Crippen molar-refractivity contribution in [1.82, 2.24) is 15.5 Å². The van der Waals surface area contributed by atoms with E-state index in [0.29, 0.717) is 18.3 Å². The van der Waals surface area contributed by atoms with Crippen molar-refractivity contribution < 1.29 is 9.59 Å². The minimum absolute atomic E-state index is 0.252. The minimum Gasteiger partial charge on any atom is -0.388 e. The van der Waals surface area contributed by atoms with Crippen molar-refractivity contribution in [3.05, 3.63) is 41.6 Å². The van der Waals surface area contributed by atoms with Crippen molar-refractivity contribution in [3.8, 4) is 0 Å². The van der Waals surface area contributed by atoms with E-state index < -0.39 is 5.92 Å². The van der Waals surface area contributed by atoms with Crippen molar-refractivity contribution in [2.75, 3.05) is 38.5 Å². The summed E-state index contributed by atoms with van der Waals surface area (Å²) in [4.78, 5) is 26.2. The number of piperidine rings is 3. The van der Waals surface area contributed by atoms with Gasteiger partial charge in [-0.15, -0.1) is 0 Å². The molecule has 1 aromatic carbocycles. The number of imide groups is 1. The SMILES string of the molecule is C=C(C1CCNCC1)N1CCC(c2ccc(C(=N)C3CCC(=O)NC3=O)c(NC)c2)CC1. The second-order valence-electron chi connectivity index (χ2n) is 9.25. The molecular formula is C25H35N5O2. The Morgan fingerprint density at radius 3 is 2.50 bits per heavy atom. The quantitative estimate of drug-likeness (QED) is 0.405. The Balaban J connectivity index is 1.41. The van der Waals surface area contributed by atoms with Crippen LogP contribution < -0.4 is 16.0 Å². The van der Waals surface area contributed by atoms with Gasteiger partial charge in [-0.2, -0.15) is 0 Å². The third-order valence-electron chi connectivity index (χ3n) is 7.37. The van der Waals surface area contributed by atoms with Crippen molar-refractivity contribution >= 4 is 23.2 Å². The van der Waals surface area contributed by atoms with Gasteiger partial charge in [-0.25, -0.2) is 0 Å². The fourth-order valence-electron chi connectivity index (χ4n) is 5.33. The van der Waals surface area contributed by atoms with E-state index in [1.54, 1.807) is 0 Å². The van der Waals surface area contributed by atoms with Crippen LogP contribution in [0.3, 0.4) is 0 Å². The van der Waals surface area contributed by atoms with Crippen molar-refractivity contribution in [3.63, 3.8) is 0 Å². The molecule has 0 spiro atoms. The molecule has 2 amide bonds. The summed E-state index contributed by atoms with van der Waals surface area (Å²) in [5.41, 5.74) is 4.48. The first-order valence-corrected chi connectivity index (χ1v) is 11.9. The van der Waals surface area contributed by atoms with E-state index in [-0.39, 0.29) is 23.9 Å². The average molecular weight is 438 g/mol. The number of carbonyl (C=O) groups excluding carboxylic acids is 2. The summed E-state index contributed by atoms with van der Waals surface area (Å²) in [6.07, 6.45) is 5.24. The molecule has 1 unspecified atom stereocenters. The summed E-state index contributed by atoms with van der Waals surface area (Å²) in [5, 5.41) is 17.6. The van der Waals surface area contributed by atoms with Gasteiger partial charge in [0.1, 0.15) is 0 Å². The normalized spacial score (nSPS) is 23.0. The number of nitrogens with one attached hydrogen (secondary N) is 4. The van der Waals surface area contributed by atoms with Gasteiger partial charge in [-0.1, -0.05) is 18.7 Å². The standard InChI is InChI=1S/C25H35N5O2/c1-16(17-7-11-28-12-8-17)30-13-9-18(10-14-30)19-3-4-20(22(15-19)27-2)24(26)21-5-6-23(31)29-25(21)32/h3-4,15,17-18,21,26-28H,1,5-14H2,2H3,(H,29,31,32). The van der Waals surface area contributed by atoms with Gasteiger partial charge in [0.25, 0.3) is 0 Å². The lowest BCUT2D eigenvalue weighted by atomic mass is 9.84. The predicted octanol–water partition coefficient (Wildman–Crippen LogP) is 2.84. The molecule has 1 aromatic rings. The number of amides is 2. The zero-order valence-corrected chi connectivity index (χ0v) is 19.0. The van der Waals surface area contributed by atoms with E-state index in [4.69, 9.17) is 5.41 Å². The van der Waals surface area contributed by atoms with Crippen LogP contribution in [-0.4, -0.2) is 55.7 Å². The predicted molar refractivity (Wildman–Crippen MR) is 127 cm³/mol. The van der Waals surface area contributed by atoms with Crippen LogP contribution in [-0.2, 0) is 9.59 Å². The van der Waals surface area contributed by atoms with Gasteiger partial charge in [-0.3, -0.25) is 14.9 Å². The first-order chi connectivity index (χ1) is 15.5. The molecule has 0 saturated carbocycles. The molecule has 7 nitrogen and oxygen atoms in total. The molecule has 0 aliphatic carbocycles. The van der Waals surface area contributed by atoms with Crippen LogP contribution in [0.2, 0.25) is 0 Å². The van der Waals surface area contributed by atoms with Crippen LogP contribution in [0, 0.1) is 17.2 Å². The number of likely N-dealkylation sites (tertiary alicyclic amines) is 1. The summed E-state index contributed by atoms with van der Waals surface area (Å²) in [7, 11) is 1.85. The smallest absolute Gasteiger partial charge is 0.235 e. The van der Waals surface area contributed by atoms with Crippen molar-refractivity contribution in [2.45, 2.75) is 44.4 Å². The van der Waals surface area contributed by atoms with Crippen molar-refractivity contribution in [2.24, 2.45) is 11.8 Å². The second kappa shape index (κ2) is 9.86. The molecule has 0 aromatic heterocycles. The molecular weight excluding hydrogens is 402 g/mol. The monoisotopic (exact) mass is 437 g/mol. The number of allylic oxidation sites excluding steroid dienone is 1. The lowest BCUT2D eigenvalue weighted by Crippen LogP contribution is -2.44. The lowest BCUT2D eigenvalue weighted by Gasteiger charge is -2.39. The molecule has 0 radical (unpaired) electrons. The third kappa shape index (κ3) is 4.72. The molecule has 4 rings (SSSR count). The number of hydrogen-bond donors (Lipinski definition) is 4. The summed E-state index contributed by atoms with van der Waals surface area (Å²) in [5.74, 6) is -0.0923. The number of hydrogen-bond acceptors (Lipinski definition) is 6. The fourth-order valence-corrected chi connectivity index (χ4v) is 5.33. The van der Waals surface area contributed by atoms with E-state index in [1.807, 2.05) is 13.1 Å². The molecule has 4 N–H and O–H groups in total. The Kier molecular flexibility index (Phi) is 6.94. The first-order valence-electron chi connectivity index (χ1n) is 11.9. The van der Waals surface area contributed by atoms with Gasteiger partial charge < -0.3 is 20.9 Å². The van der Waals surface area contributed by atoms with Crippen molar-refractivity contribution in [1.29, 1.82) is 5.41 Å². The number of benzene rings is 1. The maximum absolute atomic E-state index is 12.2. The highest BCUT2D eigenvalue weighted by atomic mass is 16.2. The molecule has 0 bridgehead atoms. The summed E-state index contributed by atoms with van der Waals surface area (Å²) in [6, 6.07) is 6.21. The molecule has 7 heteroatoms. The highest BCUT2D eigenvalue weighted by molar-refractivity contribution is 6.17. The second-order valence-corrected chi connectivity index (χ2v) is 9.25. The zero-order chi connectivity index (χ0) is 22.7. The van der Waals surface area contributed by atoms with E-state index in [0.717, 1.165) is 50.3 Å². The Morgan fingerprint density at radius 2 is 1.84 bits per heavy atom. The summed E-state index contributed by atoms with van der Waals surface area (Å²) in [6.45, 7) is 8.68. The van der Waals surface area contributed by atoms with E-state index in [2.05, 4.69) is 39.6 Å². The number of rotatable bonds is 6. The minimum atomic E-state index is -0.574. The number of anilines is 1. The molecule has 3 aliphatic heterocycles.